The Balaban J connectivity index is 1.80. The van der Waals surface area contributed by atoms with Gasteiger partial charge in [0.15, 0.2) is 0 Å². The van der Waals surface area contributed by atoms with E-state index in [0.717, 1.165) is 11.1 Å². The Morgan fingerprint density at radius 1 is 1.21 bits per heavy atom. The number of pyridine rings is 1. The normalized spacial score (nSPS) is 12.5. The van der Waals surface area contributed by atoms with E-state index >= 15 is 0 Å². The predicted molar refractivity (Wildman–Crippen MR) is 97.9 cm³/mol. The number of halogens is 2. The molecule has 0 aliphatic rings. The average molecular weight is 362 g/mol. The lowest BCUT2D eigenvalue weighted by Crippen LogP contribution is -2.22. The van der Waals surface area contributed by atoms with Crippen molar-refractivity contribution in [2.45, 2.75) is 26.4 Å². The smallest absolute Gasteiger partial charge is 0.258 e. The van der Waals surface area contributed by atoms with E-state index in [4.69, 9.17) is 23.2 Å². The molecule has 4 nitrogen and oxygen atoms in total. The second-order valence-corrected chi connectivity index (χ2v) is 6.63. The highest BCUT2D eigenvalue weighted by Crippen LogP contribution is 2.26. The number of hydrogen-bond donors (Lipinski definition) is 1. The molecule has 0 aliphatic carbocycles. The number of fused-ring (bicyclic) bond motifs is 1. The highest BCUT2D eigenvalue weighted by Gasteiger charge is 2.11. The lowest BCUT2D eigenvalue weighted by molar-refractivity contribution is 0.567. The molecule has 3 aromatic rings. The van der Waals surface area contributed by atoms with Gasteiger partial charge in [0.25, 0.3) is 5.56 Å². The van der Waals surface area contributed by atoms with E-state index in [2.05, 4.69) is 10.3 Å². The molecule has 2 aromatic heterocycles. The van der Waals surface area contributed by atoms with Gasteiger partial charge in [0.1, 0.15) is 5.65 Å². The van der Waals surface area contributed by atoms with E-state index in [1.54, 1.807) is 22.7 Å². The number of rotatable bonds is 4. The van der Waals surface area contributed by atoms with Crippen LogP contribution in [0.2, 0.25) is 10.0 Å². The summed E-state index contributed by atoms with van der Waals surface area (Å²) in [7, 11) is 0. The fraction of sp³-hybridized carbons (Fsp3) is 0.222. The molecule has 0 saturated carbocycles. The fourth-order valence-electron chi connectivity index (χ4n) is 2.57. The first-order valence-electron chi connectivity index (χ1n) is 7.61. The minimum absolute atomic E-state index is 0.00744. The Morgan fingerprint density at radius 2 is 2.00 bits per heavy atom. The summed E-state index contributed by atoms with van der Waals surface area (Å²) < 4.78 is 1.55. The topological polar surface area (TPSA) is 46.4 Å². The van der Waals surface area contributed by atoms with Crippen molar-refractivity contribution in [3.05, 3.63) is 79.8 Å². The molecule has 3 rings (SSSR count). The van der Waals surface area contributed by atoms with E-state index in [0.29, 0.717) is 27.9 Å². The molecule has 1 N–H and O–H groups in total. The van der Waals surface area contributed by atoms with Gasteiger partial charge < -0.3 is 5.32 Å². The second kappa shape index (κ2) is 6.93. The van der Waals surface area contributed by atoms with Crippen LogP contribution in [0.1, 0.15) is 29.8 Å². The highest BCUT2D eigenvalue weighted by atomic mass is 35.5. The molecule has 0 spiro atoms. The van der Waals surface area contributed by atoms with Gasteiger partial charge in [-0.25, -0.2) is 4.98 Å². The number of nitrogens with one attached hydrogen (secondary N) is 1. The van der Waals surface area contributed by atoms with E-state index in [1.165, 1.54) is 0 Å². The van der Waals surface area contributed by atoms with Crippen molar-refractivity contribution < 1.29 is 0 Å². The SMILES string of the molecule is Cc1ccc2nc(CNC(C)c3ccc(Cl)cc3Cl)cc(=O)n2c1. The Kier molecular flexibility index (Phi) is 4.90. The van der Waals surface area contributed by atoms with Crippen LogP contribution in [0, 0.1) is 6.92 Å². The maximum atomic E-state index is 12.2. The van der Waals surface area contributed by atoms with Crippen LogP contribution in [0.3, 0.4) is 0 Å². The number of nitrogens with zero attached hydrogens (tertiary/aromatic N) is 2. The van der Waals surface area contributed by atoms with E-state index in [1.807, 2.05) is 38.1 Å². The third kappa shape index (κ3) is 3.61. The van der Waals surface area contributed by atoms with Crippen LogP contribution in [0.5, 0.6) is 0 Å². The molecule has 0 amide bonds. The molecule has 0 radical (unpaired) electrons. The van der Waals surface area contributed by atoms with E-state index in [9.17, 15) is 4.79 Å². The van der Waals surface area contributed by atoms with Crippen molar-refractivity contribution in [3.63, 3.8) is 0 Å². The predicted octanol–water partition coefficient (Wildman–Crippen LogP) is 4.16. The molecular formula is C18H17Cl2N3O. The zero-order chi connectivity index (χ0) is 17.3. The third-order valence-electron chi connectivity index (χ3n) is 3.88. The van der Waals surface area contributed by atoms with Crippen molar-refractivity contribution >= 4 is 28.8 Å². The number of benzene rings is 1. The molecule has 0 bridgehead atoms. The van der Waals surface area contributed by atoms with Gasteiger partial charge in [0.05, 0.1) is 5.69 Å². The summed E-state index contributed by atoms with van der Waals surface area (Å²) in [6.07, 6.45) is 1.79. The van der Waals surface area contributed by atoms with Crippen molar-refractivity contribution in [3.8, 4) is 0 Å². The van der Waals surface area contributed by atoms with Crippen molar-refractivity contribution in [1.29, 1.82) is 0 Å². The Bertz CT molecular complexity index is 953. The Morgan fingerprint density at radius 3 is 2.75 bits per heavy atom. The van der Waals surface area contributed by atoms with Crippen LogP contribution in [-0.4, -0.2) is 9.38 Å². The van der Waals surface area contributed by atoms with Gasteiger partial charge in [0.2, 0.25) is 0 Å². The molecule has 24 heavy (non-hydrogen) atoms. The number of aryl methyl sites for hydroxylation is 1. The lowest BCUT2D eigenvalue weighted by Gasteiger charge is -2.16. The first-order valence-corrected chi connectivity index (χ1v) is 8.37. The number of hydrogen-bond acceptors (Lipinski definition) is 3. The zero-order valence-electron chi connectivity index (χ0n) is 13.4. The Hall–Kier alpha value is -1.88. The lowest BCUT2D eigenvalue weighted by atomic mass is 10.1. The molecule has 0 aliphatic heterocycles. The van der Waals surface area contributed by atoms with Crippen LogP contribution in [-0.2, 0) is 6.54 Å². The van der Waals surface area contributed by atoms with Gasteiger partial charge >= 0.3 is 0 Å². The molecule has 0 saturated heterocycles. The highest BCUT2D eigenvalue weighted by molar-refractivity contribution is 6.35. The first kappa shape index (κ1) is 17.0. The molecule has 0 fully saturated rings. The summed E-state index contributed by atoms with van der Waals surface area (Å²) >= 11 is 12.2. The maximum Gasteiger partial charge on any atom is 0.258 e. The van der Waals surface area contributed by atoms with Gasteiger partial charge in [-0.1, -0.05) is 35.3 Å². The second-order valence-electron chi connectivity index (χ2n) is 5.79. The van der Waals surface area contributed by atoms with Crippen LogP contribution in [0.4, 0.5) is 0 Å². The van der Waals surface area contributed by atoms with Crippen molar-refractivity contribution in [2.24, 2.45) is 0 Å². The summed E-state index contributed by atoms with van der Waals surface area (Å²) in [6, 6.07) is 10.8. The molecule has 124 valence electrons. The zero-order valence-corrected chi connectivity index (χ0v) is 14.9. The maximum absolute atomic E-state index is 12.2. The van der Waals surface area contributed by atoms with Gasteiger partial charge in [0, 0.05) is 34.9 Å². The minimum Gasteiger partial charge on any atom is -0.305 e. The van der Waals surface area contributed by atoms with Gasteiger partial charge in [-0.3, -0.25) is 9.20 Å². The largest absolute Gasteiger partial charge is 0.305 e. The van der Waals surface area contributed by atoms with Gasteiger partial charge in [-0.15, -0.1) is 0 Å². The van der Waals surface area contributed by atoms with Gasteiger partial charge in [-0.05, 0) is 43.2 Å². The summed E-state index contributed by atoms with van der Waals surface area (Å²) in [4.78, 5) is 16.7. The number of aromatic nitrogens is 2. The Labute approximate surface area is 150 Å². The summed E-state index contributed by atoms with van der Waals surface area (Å²) in [6.45, 7) is 4.42. The van der Waals surface area contributed by atoms with Crippen LogP contribution < -0.4 is 10.9 Å². The third-order valence-corrected chi connectivity index (χ3v) is 4.44. The standard InChI is InChI=1S/C18H17Cl2N3O/c1-11-3-6-17-22-14(8-18(24)23(17)10-11)9-21-12(2)15-5-4-13(19)7-16(15)20/h3-8,10,12,21H,9H2,1-2H3. The molecule has 1 unspecified atom stereocenters. The van der Waals surface area contributed by atoms with Crippen molar-refractivity contribution in [2.75, 3.05) is 0 Å². The first-order chi connectivity index (χ1) is 11.4. The fourth-order valence-corrected chi connectivity index (χ4v) is 3.14. The van der Waals surface area contributed by atoms with E-state index in [-0.39, 0.29) is 11.6 Å². The van der Waals surface area contributed by atoms with Gasteiger partial charge in [-0.2, -0.15) is 0 Å². The van der Waals surface area contributed by atoms with E-state index < -0.39 is 0 Å². The molecule has 6 heteroatoms. The van der Waals surface area contributed by atoms with Crippen LogP contribution in [0.25, 0.3) is 5.65 Å². The summed E-state index contributed by atoms with van der Waals surface area (Å²) in [5, 5.41) is 4.56. The quantitative estimate of drug-likeness (QED) is 0.758. The molecule has 1 aromatic carbocycles. The molecule has 2 heterocycles. The monoisotopic (exact) mass is 361 g/mol. The van der Waals surface area contributed by atoms with Crippen LogP contribution >= 0.6 is 23.2 Å². The molecule has 1 atom stereocenters. The average Bonchev–Trinajstić information content (AvgIpc) is 2.53. The minimum atomic E-state index is -0.0855. The van der Waals surface area contributed by atoms with Crippen LogP contribution in [0.15, 0.2) is 47.4 Å². The summed E-state index contributed by atoms with van der Waals surface area (Å²) in [5.41, 5.74) is 3.22. The summed E-state index contributed by atoms with van der Waals surface area (Å²) in [5.74, 6) is 0. The van der Waals surface area contributed by atoms with Crippen molar-refractivity contribution in [1.82, 2.24) is 14.7 Å². The molecular weight excluding hydrogens is 345 g/mol.